The summed E-state index contributed by atoms with van der Waals surface area (Å²) in [6.45, 7) is 0. The van der Waals surface area contributed by atoms with Crippen LogP contribution < -0.4 is 11.1 Å². The standard InChI is InChI=1S/C11H16N2O2S/c12-7-5-6-16-10(7)11(15)13-8-3-1-2-4-9(8)14/h5-6,8-9,14H,1-4,12H2,(H,13,15)/t8-,9-/m0/s1. The highest BCUT2D eigenvalue weighted by atomic mass is 32.1. The summed E-state index contributed by atoms with van der Waals surface area (Å²) in [5.41, 5.74) is 6.18. The maximum absolute atomic E-state index is 11.8. The van der Waals surface area contributed by atoms with E-state index in [-0.39, 0.29) is 11.9 Å². The molecule has 1 aromatic rings. The fourth-order valence-electron chi connectivity index (χ4n) is 2.02. The summed E-state index contributed by atoms with van der Waals surface area (Å²) >= 11 is 1.33. The number of nitrogens with one attached hydrogen (secondary N) is 1. The van der Waals surface area contributed by atoms with Gasteiger partial charge in [-0.15, -0.1) is 11.3 Å². The Balaban J connectivity index is 1.99. The minimum atomic E-state index is -0.418. The summed E-state index contributed by atoms with van der Waals surface area (Å²) in [7, 11) is 0. The Bertz CT molecular complexity index is 378. The van der Waals surface area contributed by atoms with Gasteiger partial charge in [-0.3, -0.25) is 4.79 Å². The molecule has 0 bridgehead atoms. The van der Waals surface area contributed by atoms with E-state index in [0.29, 0.717) is 10.6 Å². The lowest BCUT2D eigenvalue weighted by molar-refractivity contribution is 0.0720. The first kappa shape index (κ1) is 11.4. The molecule has 1 aliphatic rings. The number of rotatable bonds is 2. The molecule has 88 valence electrons. The van der Waals surface area contributed by atoms with Gasteiger partial charge in [-0.05, 0) is 24.3 Å². The van der Waals surface area contributed by atoms with E-state index >= 15 is 0 Å². The molecule has 1 heterocycles. The number of amides is 1. The van der Waals surface area contributed by atoms with Crippen molar-refractivity contribution in [2.75, 3.05) is 5.73 Å². The first-order chi connectivity index (χ1) is 7.68. The van der Waals surface area contributed by atoms with Crippen LogP contribution in [0, 0.1) is 0 Å². The highest BCUT2D eigenvalue weighted by Crippen LogP contribution is 2.22. The molecule has 1 amide bonds. The molecule has 0 radical (unpaired) electrons. The van der Waals surface area contributed by atoms with E-state index < -0.39 is 6.10 Å². The molecule has 4 nitrogen and oxygen atoms in total. The zero-order valence-electron chi connectivity index (χ0n) is 8.98. The second-order valence-corrected chi connectivity index (χ2v) is 5.05. The van der Waals surface area contributed by atoms with Gasteiger partial charge in [-0.25, -0.2) is 0 Å². The van der Waals surface area contributed by atoms with Crippen LogP contribution in [0.1, 0.15) is 35.4 Å². The highest BCUT2D eigenvalue weighted by molar-refractivity contribution is 7.12. The number of aliphatic hydroxyl groups excluding tert-OH is 1. The van der Waals surface area contributed by atoms with Crippen molar-refractivity contribution >= 4 is 22.9 Å². The van der Waals surface area contributed by atoms with E-state index in [1.54, 1.807) is 11.4 Å². The Hall–Kier alpha value is -1.07. The van der Waals surface area contributed by atoms with Gasteiger partial charge in [0, 0.05) is 0 Å². The van der Waals surface area contributed by atoms with Gasteiger partial charge in [0.25, 0.3) is 5.91 Å². The van der Waals surface area contributed by atoms with Crippen molar-refractivity contribution < 1.29 is 9.90 Å². The summed E-state index contributed by atoms with van der Waals surface area (Å²) in [6, 6.07) is 1.60. The highest BCUT2D eigenvalue weighted by Gasteiger charge is 2.25. The van der Waals surface area contributed by atoms with Crippen molar-refractivity contribution in [1.82, 2.24) is 5.32 Å². The number of hydrogen-bond donors (Lipinski definition) is 3. The number of hydrogen-bond acceptors (Lipinski definition) is 4. The lowest BCUT2D eigenvalue weighted by Crippen LogP contribution is -2.44. The van der Waals surface area contributed by atoms with Crippen LogP contribution in [0.4, 0.5) is 5.69 Å². The summed E-state index contributed by atoms with van der Waals surface area (Å²) in [6.07, 6.45) is 3.29. The molecule has 4 N–H and O–H groups in total. The molecule has 0 spiro atoms. The zero-order chi connectivity index (χ0) is 11.5. The Morgan fingerprint density at radius 1 is 1.50 bits per heavy atom. The zero-order valence-corrected chi connectivity index (χ0v) is 9.80. The number of aliphatic hydroxyl groups is 1. The van der Waals surface area contributed by atoms with Gasteiger partial charge in [-0.2, -0.15) is 0 Å². The monoisotopic (exact) mass is 240 g/mol. The van der Waals surface area contributed by atoms with Crippen LogP contribution in [0.25, 0.3) is 0 Å². The third-order valence-electron chi connectivity index (χ3n) is 2.95. The molecule has 0 aromatic carbocycles. The van der Waals surface area contributed by atoms with Gasteiger partial charge in [-0.1, -0.05) is 12.8 Å². The van der Waals surface area contributed by atoms with Crippen molar-refractivity contribution in [3.05, 3.63) is 16.3 Å². The fourth-order valence-corrected chi connectivity index (χ4v) is 2.74. The number of nitrogens with two attached hydrogens (primary N) is 1. The average Bonchev–Trinajstić information content (AvgIpc) is 2.68. The van der Waals surface area contributed by atoms with Crippen LogP contribution in [-0.2, 0) is 0 Å². The van der Waals surface area contributed by atoms with E-state index in [9.17, 15) is 9.90 Å². The molecule has 5 heteroatoms. The van der Waals surface area contributed by atoms with Crippen molar-refractivity contribution in [1.29, 1.82) is 0 Å². The number of carbonyl (C=O) groups is 1. The third-order valence-corrected chi connectivity index (χ3v) is 3.88. The number of carbonyl (C=O) groups excluding carboxylic acids is 1. The van der Waals surface area contributed by atoms with Crippen LogP contribution >= 0.6 is 11.3 Å². The first-order valence-electron chi connectivity index (χ1n) is 5.50. The van der Waals surface area contributed by atoms with E-state index in [1.165, 1.54) is 11.3 Å². The van der Waals surface area contributed by atoms with Crippen LogP contribution in [-0.4, -0.2) is 23.2 Å². The predicted octanol–water partition coefficient (Wildman–Crippen LogP) is 1.36. The molecule has 1 fully saturated rings. The summed E-state index contributed by atoms with van der Waals surface area (Å²) in [5, 5.41) is 14.4. The minimum Gasteiger partial charge on any atom is -0.397 e. The van der Waals surface area contributed by atoms with Crippen molar-refractivity contribution in [2.24, 2.45) is 0 Å². The fraction of sp³-hybridized carbons (Fsp3) is 0.545. The molecule has 16 heavy (non-hydrogen) atoms. The molecule has 0 saturated heterocycles. The Kier molecular flexibility index (Phi) is 3.46. The normalized spacial score (nSPS) is 25.3. The van der Waals surface area contributed by atoms with Crippen LogP contribution in [0.2, 0.25) is 0 Å². The molecular formula is C11H16N2O2S. The summed E-state index contributed by atoms with van der Waals surface area (Å²) in [5.74, 6) is -0.168. The Morgan fingerprint density at radius 2 is 2.25 bits per heavy atom. The lowest BCUT2D eigenvalue weighted by atomic mass is 9.92. The first-order valence-corrected chi connectivity index (χ1v) is 6.38. The van der Waals surface area contributed by atoms with Crippen molar-refractivity contribution in [2.45, 2.75) is 37.8 Å². The number of thiophene rings is 1. The largest absolute Gasteiger partial charge is 0.397 e. The quantitative estimate of drug-likeness (QED) is 0.730. The van der Waals surface area contributed by atoms with Gasteiger partial charge < -0.3 is 16.2 Å². The molecule has 1 saturated carbocycles. The Morgan fingerprint density at radius 3 is 2.88 bits per heavy atom. The molecule has 2 rings (SSSR count). The minimum absolute atomic E-state index is 0.122. The number of anilines is 1. The van der Waals surface area contributed by atoms with Gasteiger partial charge in [0.15, 0.2) is 0 Å². The molecule has 1 aliphatic carbocycles. The number of nitrogen functional groups attached to an aromatic ring is 1. The average molecular weight is 240 g/mol. The van der Waals surface area contributed by atoms with Gasteiger partial charge in [0.05, 0.1) is 17.8 Å². The maximum Gasteiger partial charge on any atom is 0.263 e. The van der Waals surface area contributed by atoms with Gasteiger partial charge in [0.1, 0.15) is 4.88 Å². The molecule has 0 unspecified atom stereocenters. The van der Waals surface area contributed by atoms with E-state index in [0.717, 1.165) is 25.7 Å². The second kappa shape index (κ2) is 4.84. The van der Waals surface area contributed by atoms with Crippen LogP contribution in [0.5, 0.6) is 0 Å². The van der Waals surface area contributed by atoms with E-state index in [4.69, 9.17) is 5.73 Å². The van der Waals surface area contributed by atoms with Crippen molar-refractivity contribution in [3.63, 3.8) is 0 Å². The SMILES string of the molecule is Nc1ccsc1C(=O)N[C@H]1CCCC[C@@H]1O. The molecule has 2 atom stereocenters. The predicted molar refractivity (Wildman–Crippen MR) is 64.5 cm³/mol. The van der Waals surface area contributed by atoms with Gasteiger partial charge in [0.2, 0.25) is 0 Å². The van der Waals surface area contributed by atoms with Gasteiger partial charge >= 0.3 is 0 Å². The van der Waals surface area contributed by atoms with E-state index in [1.807, 2.05) is 0 Å². The van der Waals surface area contributed by atoms with Crippen LogP contribution in [0.15, 0.2) is 11.4 Å². The Labute approximate surface area is 98.5 Å². The molecule has 0 aliphatic heterocycles. The maximum atomic E-state index is 11.8. The summed E-state index contributed by atoms with van der Waals surface area (Å²) < 4.78 is 0. The molecule has 1 aromatic heterocycles. The topological polar surface area (TPSA) is 75.4 Å². The van der Waals surface area contributed by atoms with E-state index in [2.05, 4.69) is 5.32 Å². The third kappa shape index (κ3) is 2.36. The summed E-state index contributed by atoms with van der Waals surface area (Å²) in [4.78, 5) is 12.4. The lowest BCUT2D eigenvalue weighted by Gasteiger charge is -2.28. The smallest absolute Gasteiger partial charge is 0.263 e. The van der Waals surface area contributed by atoms with Crippen molar-refractivity contribution in [3.8, 4) is 0 Å². The van der Waals surface area contributed by atoms with Crippen LogP contribution in [0.3, 0.4) is 0 Å². The second-order valence-electron chi connectivity index (χ2n) is 4.14. The molecular weight excluding hydrogens is 224 g/mol.